The van der Waals surface area contributed by atoms with Crippen molar-refractivity contribution in [3.8, 4) is 5.75 Å². The summed E-state index contributed by atoms with van der Waals surface area (Å²) in [5, 5.41) is 7.41. The van der Waals surface area contributed by atoms with Crippen LogP contribution in [0.2, 0.25) is 0 Å². The van der Waals surface area contributed by atoms with E-state index in [0.29, 0.717) is 12.6 Å². The molecule has 0 atom stereocenters. The molecule has 2 heterocycles. The molecule has 19 heavy (non-hydrogen) atoms. The van der Waals surface area contributed by atoms with Crippen LogP contribution >= 0.6 is 0 Å². The molecule has 5 heteroatoms. The van der Waals surface area contributed by atoms with Crippen molar-refractivity contribution in [3.63, 3.8) is 0 Å². The zero-order valence-electron chi connectivity index (χ0n) is 11.6. The van der Waals surface area contributed by atoms with E-state index in [9.17, 15) is 0 Å². The molecule has 0 spiro atoms. The Morgan fingerprint density at radius 3 is 2.74 bits per heavy atom. The highest BCUT2D eigenvalue weighted by Gasteiger charge is 2.00. The first-order valence-corrected chi connectivity index (χ1v) is 6.42. The van der Waals surface area contributed by atoms with Gasteiger partial charge in [0.1, 0.15) is 6.61 Å². The van der Waals surface area contributed by atoms with E-state index in [2.05, 4.69) is 35.3 Å². The van der Waals surface area contributed by atoms with Gasteiger partial charge in [0, 0.05) is 25.8 Å². The molecule has 0 bridgehead atoms. The highest BCUT2D eigenvalue weighted by Crippen LogP contribution is 2.10. The van der Waals surface area contributed by atoms with Gasteiger partial charge in [0.25, 0.3) is 0 Å². The van der Waals surface area contributed by atoms with E-state index in [4.69, 9.17) is 4.74 Å². The van der Waals surface area contributed by atoms with E-state index in [1.165, 1.54) is 5.56 Å². The third-order valence-electron chi connectivity index (χ3n) is 2.67. The third-order valence-corrected chi connectivity index (χ3v) is 2.67. The summed E-state index contributed by atoms with van der Waals surface area (Å²) in [4.78, 5) is 4.39. The van der Waals surface area contributed by atoms with Crippen LogP contribution in [0, 0.1) is 0 Å². The standard InChI is InChI=1S/C14H20N4O/c1-11(2)15-6-12-4-5-13(16-7-12)10-19-14-8-17-18(3)9-14/h4-5,7-9,11,15H,6,10H2,1-3H3. The van der Waals surface area contributed by atoms with Gasteiger partial charge in [-0.2, -0.15) is 5.10 Å². The number of aromatic nitrogens is 3. The average Bonchev–Trinajstić information content (AvgIpc) is 2.81. The van der Waals surface area contributed by atoms with Crippen LogP contribution in [0.25, 0.3) is 0 Å². The number of nitrogens with one attached hydrogen (secondary N) is 1. The number of nitrogens with zero attached hydrogens (tertiary/aromatic N) is 3. The van der Waals surface area contributed by atoms with E-state index < -0.39 is 0 Å². The molecule has 2 aromatic heterocycles. The van der Waals surface area contributed by atoms with Crippen molar-refractivity contribution in [2.45, 2.75) is 33.0 Å². The molecule has 2 aromatic rings. The fourth-order valence-corrected chi connectivity index (χ4v) is 1.60. The lowest BCUT2D eigenvalue weighted by Gasteiger charge is -2.08. The highest BCUT2D eigenvalue weighted by molar-refractivity contribution is 5.15. The summed E-state index contributed by atoms with van der Waals surface area (Å²) in [5.74, 6) is 0.759. The molecule has 0 saturated heterocycles. The van der Waals surface area contributed by atoms with Crippen LogP contribution in [0.3, 0.4) is 0 Å². The Balaban J connectivity index is 1.84. The lowest BCUT2D eigenvalue weighted by molar-refractivity contribution is 0.301. The fourth-order valence-electron chi connectivity index (χ4n) is 1.60. The first-order valence-electron chi connectivity index (χ1n) is 6.42. The molecule has 0 aromatic carbocycles. The van der Waals surface area contributed by atoms with Gasteiger partial charge in [-0.3, -0.25) is 9.67 Å². The maximum absolute atomic E-state index is 5.59. The Labute approximate surface area is 113 Å². The van der Waals surface area contributed by atoms with Crippen molar-refractivity contribution < 1.29 is 4.74 Å². The molecule has 0 unspecified atom stereocenters. The van der Waals surface area contributed by atoms with Gasteiger partial charge in [0.15, 0.2) is 5.75 Å². The highest BCUT2D eigenvalue weighted by atomic mass is 16.5. The van der Waals surface area contributed by atoms with Crippen LogP contribution in [-0.2, 0) is 20.2 Å². The van der Waals surface area contributed by atoms with Gasteiger partial charge in [0.2, 0.25) is 0 Å². The summed E-state index contributed by atoms with van der Waals surface area (Å²) in [6.45, 7) is 5.56. The van der Waals surface area contributed by atoms with E-state index >= 15 is 0 Å². The zero-order chi connectivity index (χ0) is 13.7. The first-order chi connectivity index (χ1) is 9.13. The summed E-state index contributed by atoms with van der Waals surface area (Å²) in [6.07, 6.45) is 5.42. The predicted molar refractivity (Wildman–Crippen MR) is 73.8 cm³/mol. The van der Waals surface area contributed by atoms with Gasteiger partial charge >= 0.3 is 0 Å². The topological polar surface area (TPSA) is 52.0 Å². The van der Waals surface area contributed by atoms with Gasteiger partial charge in [-0.05, 0) is 11.6 Å². The minimum Gasteiger partial charge on any atom is -0.484 e. The molecule has 2 rings (SSSR count). The minimum atomic E-state index is 0.462. The SMILES string of the molecule is CC(C)NCc1ccc(COc2cnn(C)c2)nc1. The Hall–Kier alpha value is -1.88. The monoisotopic (exact) mass is 260 g/mol. The summed E-state index contributed by atoms with van der Waals surface area (Å²) < 4.78 is 7.30. The molecule has 0 amide bonds. The van der Waals surface area contributed by atoms with Crippen LogP contribution in [-0.4, -0.2) is 20.8 Å². The molecule has 0 saturated carbocycles. The smallest absolute Gasteiger partial charge is 0.157 e. The second-order valence-corrected chi connectivity index (χ2v) is 4.83. The molecule has 0 fully saturated rings. The molecular weight excluding hydrogens is 240 g/mol. The molecule has 0 radical (unpaired) electrons. The van der Waals surface area contributed by atoms with Crippen molar-refractivity contribution in [2.75, 3.05) is 0 Å². The lowest BCUT2D eigenvalue weighted by Crippen LogP contribution is -2.21. The van der Waals surface area contributed by atoms with Crippen LogP contribution in [0.4, 0.5) is 0 Å². The first kappa shape index (κ1) is 13.5. The van der Waals surface area contributed by atoms with Crippen molar-refractivity contribution in [1.29, 1.82) is 0 Å². The average molecular weight is 260 g/mol. The normalized spacial score (nSPS) is 10.9. The summed E-state index contributed by atoms with van der Waals surface area (Å²) in [5.41, 5.74) is 2.09. The maximum Gasteiger partial charge on any atom is 0.157 e. The fraction of sp³-hybridized carbons (Fsp3) is 0.429. The maximum atomic E-state index is 5.59. The largest absolute Gasteiger partial charge is 0.484 e. The summed E-state index contributed by atoms with van der Waals surface area (Å²) in [6, 6.07) is 4.55. The molecule has 0 aliphatic carbocycles. The quantitative estimate of drug-likeness (QED) is 0.861. The van der Waals surface area contributed by atoms with Crippen LogP contribution in [0.1, 0.15) is 25.1 Å². The van der Waals surface area contributed by atoms with Crippen LogP contribution in [0.5, 0.6) is 5.75 Å². The minimum absolute atomic E-state index is 0.462. The van der Waals surface area contributed by atoms with E-state index in [0.717, 1.165) is 18.0 Å². The Kier molecular flexibility index (Phi) is 4.52. The summed E-state index contributed by atoms with van der Waals surface area (Å²) >= 11 is 0. The molecule has 0 aliphatic rings. The van der Waals surface area contributed by atoms with Crippen molar-refractivity contribution in [1.82, 2.24) is 20.1 Å². The van der Waals surface area contributed by atoms with Gasteiger partial charge in [0.05, 0.1) is 18.1 Å². The Morgan fingerprint density at radius 1 is 1.32 bits per heavy atom. The number of rotatable bonds is 6. The number of hydrogen-bond donors (Lipinski definition) is 1. The number of hydrogen-bond acceptors (Lipinski definition) is 4. The van der Waals surface area contributed by atoms with Gasteiger partial charge in [-0.15, -0.1) is 0 Å². The van der Waals surface area contributed by atoms with Crippen LogP contribution in [0.15, 0.2) is 30.7 Å². The molecular formula is C14H20N4O. The number of ether oxygens (including phenoxy) is 1. The molecule has 1 N–H and O–H groups in total. The van der Waals surface area contributed by atoms with Crippen molar-refractivity contribution in [2.24, 2.45) is 7.05 Å². The van der Waals surface area contributed by atoms with Gasteiger partial charge < -0.3 is 10.1 Å². The van der Waals surface area contributed by atoms with E-state index in [1.54, 1.807) is 10.9 Å². The van der Waals surface area contributed by atoms with Crippen molar-refractivity contribution in [3.05, 3.63) is 42.0 Å². The zero-order valence-corrected chi connectivity index (χ0v) is 11.6. The third kappa shape index (κ3) is 4.37. The van der Waals surface area contributed by atoms with E-state index in [1.807, 2.05) is 25.5 Å². The summed E-state index contributed by atoms with van der Waals surface area (Å²) in [7, 11) is 1.86. The number of aryl methyl sites for hydroxylation is 1. The van der Waals surface area contributed by atoms with Crippen LogP contribution < -0.4 is 10.1 Å². The number of pyridine rings is 1. The molecule has 0 aliphatic heterocycles. The molecule has 5 nitrogen and oxygen atoms in total. The molecule has 102 valence electrons. The van der Waals surface area contributed by atoms with E-state index in [-0.39, 0.29) is 0 Å². The Bertz CT molecular complexity index is 504. The van der Waals surface area contributed by atoms with Gasteiger partial charge in [-0.1, -0.05) is 19.9 Å². The van der Waals surface area contributed by atoms with Gasteiger partial charge in [-0.25, -0.2) is 0 Å². The second kappa shape index (κ2) is 6.33. The second-order valence-electron chi connectivity index (χ2n) is 4.83. The predicted octanol–water partition coefficient (Wildman–Crippen LogP) is 1.89. The lowest BCUT2D eigenvalue weighted by atomic mass is 10.2. The van der Waals surface area contributed by atoms with Crippen molar-refractivity contribution >= 4 is 0 Å². The Morgan fingerprint density at radius 2 is 2.16 bits per heavy atom.